The highest BCUT2D eigenvalue weighted by molar-refractivity contribution is 5.96. The van der Waals surface area contributed by atoms with Crippen molar-refractivity contribution in [1.29, 1.82) is 0 Å². The minimum Gasteiger partial charge on any atom is -0.480 e. The topological polar surface area (TPSA) is 93.5 Å². The Morgan fingerprint density at radius 1 is 1.31 bits per heavy atom. The zero-order valence-corrected chi connectivity index (χ0v) is 15.5. The van der Waals surface area contributed by atoms with Gasteiger partial charge in [-0.05, 0) is 39.3 Å². The second-order valence-electron chi connectivity index (χ2n) is 7.07. The highest BCUT2D eigenvalue weighted by Crippen LogP contribution is 2.13. The Balaban J connectivity index is 2.03. The Kier molecular flexibility index (Phi) is 6.15. The molecule has 1 unspecified atom stereocenters. The van der Waals surface area contributed by atoms with Crippen LogP contribution < -0.4 is 5.32 Å². The number of aromatic nitrogens is 2. The van der Waals surface area contributed by atoms with E-state index >= 15 is 0 Å². The lowest BCUT2D eigenvalue weighted by Gasteiger charge is -2.21. The summed E-state index contributed by atoms with van der Waals surface area (Å²) in [4.78, 5) is 23.8. The van der Waals surface area contributed by atoms with E-state index in [-0.39, 0.29) is 18.6 Å². The monoisotopic (exact) mass is 359 g/mol. The molecule has 1 heterocycles. The first-order chi connectivity index (χ1) is 12.2. The molecule has 1 aromatic heterocycles. The summed E-state index contributed by atoms with van der Waals surface area (Å²) < 4.78 is 7.14. The van der Waals surface area contributed by atoms with Gasteiger partial charge in [0.15, 0.2) is 0 Å². The number of amides is 1. The second-order valence-corrected chi connectivity index (χ2v) is 7.07. The third kappa shape index (κ3) is 5.42. The van der Waals surface area contributed by atoms with Crippen LogP contribution in [0, 0.1) is 6.92 Å². The number of nitrogens with zero attached hydrogens (tertiary/aromatic N) is 2. The first kappa shape index (κ1) is 19.7. The van der Waals surface area contributed by atoms with Crippen molar-refractivity contribution in [2.45, 2.75) is 45.8 Å². The van der Waals surface area contributed by atoms with Gasteiger partial charge >= 0.3 is 5.97 Å². The zero-order valence-electron chi connectivity index (χ0n) is 15.5. The molecule has 140 valence electrons. The molecule has 0 aliphatic heterocycles. The van der Waals surface area contributed by atoms with E-state index in [0.29, 0.717) is 5.56 Å². The van der Waals surface area contributed by atoms with E-state index < -0.39 is 17.9 Å². The lowest BCUT2D eigenvalue weighted by Crippen LogP contribution is -2.42. The van der Waals surface area contributed by atoms with Crippen LogP contribution in [0.15, 0.2) is 36.7 Å². The van der Waals surface area contributed by atoms with Crippen LogP contribution in [0.1, 0.15) is 43.1 Å². The Morgan fingerprint density at radius 3 is 2.62 bits per heavy atom. The average molecular weight is 359 g/mol. The molecule has 2 aromatic rings. The normalized spacial score (nSPS) is 12.6. The van der Waals surface area contributed by atoms with Crippen molar-refractivity contribution < 1.29 is 19.4 Å². The SMILES string of the molecule is Cc1ccccc1-n1cc(C(=O)NC(CCOC(C)(C)C)C(=O)O)cn1. The fraction of sp³-hybridized carbons (Fsp3) is 0.421. The summed E-state index contributed by atoms with van der Waals surface area (Å²) in [5, 5.41) is 16.1. The molecule has 26 heavy (non-hydrogen) atoms. The van der Waals surface area contributed by atoms with E-state index in [2.05, 4.69) is 10.4 Å². The molecule has 7 heteroatoms. The third-order valence-electron chi connectivity index (χ3n) is 3.75. The van der Waals surface area contributed by atoms with Crippen molar-refractivity contribution >= 4 is 11.9 Å². The number of carbonyl (C=O) groups is 2. The molecular formula is C19H25N3O4. The molecule has 0 spiro atoms. The number of carboxylic acid groups (broad SMARTS) is 1. The number of carbonyl (C=O) groups excluding carboxylic acids is 1. The summed E-state index contributed by atoms with van der Waals surface area (Å²) >= 11 is 0. The number of ether oxygens (including phenoxy) is 1. The van der Waals surface area contributed by atoms with E-state index in [9.17, 15) is 14.7 Å². The molecule has 1 amide bonds. The lowest BCUT2D eigenvalue weighted by atomic mass is 10.1. The molecular weight excluding hydrogens is 334 g/mol. The largest absolute Gasteiger partial charge is 0.480 e. The maximum absolute atomic E-state index is 12.4. The van der Waals surface area contributed by atoms with Gasteiger partial charge in [0, 0.05) is 19.2 Å². The fourth-order valence-corrected chi connectivity index (χ4v) is 2.37. The number of hydrogen-bond acceptors (Lipinski definition) is 4. The number of para-hydroxylation sites is 1. The number of aliphatic carboxylic acids is 1. The van der Waals surface area contributed by atoms with Gasteiger partial charge in [-0.15, -0.1) is 0 Å². The quantitative estimate of drug-likeness (QED) is 0.792. The Bertz CT molecular complexity index is 777. The van der Waals surface area contributed by atoms with Crippen LogP contribution in [-0.2, 0) is 9.53 Å². The Morgan fingerprint density at radius 2 is 2.00 bits per heavy atom. The van der Waals surface area contributed by atoms with E-state index in [0.717, 1.165) is 11.3 Å². The van der Waals surface area contributed by atoms with Crippen LogP contribution in [0.4, 0.5) is 0 Å². The van der Waals surface area contributed by atoms with Crippen LogP contribution in [0.25, 0.3) is 5.69 Å². The average Bonchev–Trinajstić information content (AvgIpc) is 3.02. The molecule has 1 aromatic carbocycles. The first-order valence-corrected chi connectivity index (χ1v) is 8.45. The molecule has 1 atom stereocenters. The van der Waals surface area contributed by atoms with Gasteiger partial charge in [-0.25, -0.2) is 9.48 Å². The van der Waals surface area contributed by atoms with Crippen molar-refractivity contribution in [2.24, 2.45) is 0 Å². The number of aryl methyl sites for hydroxylation is 1. The first-order valence-electron chi connectivity index (χ1n) is 8.45. The van der Waals surface area contributed by atoms with Crippen LogP contribution in [0.3, 0.4) is 0 Å². The summed E-state index contributed by atoms with van der Waals surface area (Å²) in [6.07, 6.45) is 3.19. The molecule has 0 fully saturated rings. The van der Waals surface area contributed by atoms with Gasteiger partial charge in [-0.2, -0.15) is 5.10 Å². The fourth-order valence-electron chi connectivity index (χ4n) is 2.37. The Hall–Kier alpha value is -2.67. The van der Waals surface area contributed by atoms with Gasteiger partial charge in [0.05, 0.1) is 23.0 Å². The summed E-state index contributed by atoms with van der Waals surface area (Å²) in [7, 11) is 0. The summed E-state index contributed by atoms with van der Waals surface area (Å²) in [6, 6.07) is 6.64. The van der Waals surface area contributed by atoms with E-state index in [4.69, 9.17) is 4.74 Å². The van der Waals surface area contributed by atoms with Crippen molar-refractivity contribution in [3.05, 3.63) is 47.8 Å². The van der Waals surface area contributed by atoms with Gasteiger partial charge in [-0.3, -0.25) is 4.79 Å². The van der Waals surface area contributed by atoms with E-state index in [1.807, 2.05) is 52.0 Å². The van der Waals surface area contributed by atoms with Gasteiger partial charge in [-0.1, -0.05) is 18.2 Å². The maximum Gasteiger partial charge on any atom is 0.326 e. The number of hydrogen-bond donors (Lipinski definition) is 2. The van der Waals surface area contributed by atoms with Crippen LogP contribution in [0.5, 0.6) is 0 Å². The summed E-state index contributed by atoms with van der Waals surface area (Å²) in [6.45, 7) is 7.86. The predicted molar refractivity (Wildman–Crippen MR) is 97.5 cm³/mol. The third-order valence-corrected chi connectivity index (χ3v) is 3.75. The number of benzene rings is 1. The number of carboxylic acids is 1. The van der Waals surface area contributed by atoms with Crippen LogP contribution in [-0.4, -0.2) is 45.0 Å². The van der Waals surface area contributed by atoms with Gasteiger partial charge < -0.3 is 15.2 Å². The van der Waals surface area contributed by atoms with Crippen molar-refractivity contribution in [3.8, 4) is 5.69 Å². The van der Waals surface area contributed by atoms with Crippen LogP contribution in [0.2, 0.25) is 0 Å². The van der Waals surface area contributed by atoms with Gasteiger partial charge in [0.2, 0.25) is 0 Å². The second kappa shape index (κ2) is 8.14. The van der Waals surface area contributed by atoms with Gasteiger partial charge in [0.1, 0.15) is 6.04 Å². The summed E-state index contributed by atoms with van der Waals surface area (Å²) in [5.41, 5.74) is 1.82. The molecule has 7 nitrogen and oxygen atoms in total. The molecule has 0 saturated heterocycles. The van der Waals surface area contributed by atoms with E-state index in [1.54, 1.807) is 10.9 Å². The molecule has 0 bridgehead atoms. The van der Waals surface area contributed by atoms with Crippen molar-refractivity contribution in [2.75, 3.05) is 6.61 Å². The molecule has 0 aliphatic rings. The standard InChI is InChI=1S/C19H25N3O4/c1-13-7-5-6-8-16(13)22-12-14(11-20-22)17(23)21-15(18(24)25)9-10-26-19(2,3)4/h5-8,11-12,15H,9-10H2,1-4H3,(H,21,23)(H,24,25). The van der Waals surface area contributed by atoms with E-state index in [1.165, 1.54) is 6.20 Å². The highest BCUT2D eigenvalue weighted by Gasteiger charge is 2.22. The molecule has 0 aliphatic carbocycles. The lowest BCUT2D eigenvalue weighted by molar-refractivity contribution is -0.140. The van der Waals surface area contributed by atoms with Crippen molar-refractivity contribution in [3.63, 3.8) is 0 Å². The predicted octanol–water partition coefficient (Wildman–Crippen LogP) is 2.57. The number of rotatable bonds is 7. The summed E-state index contributed by atoms with van der Waals surface area (Å²) in [5.74, 6) is -1.57. The van der Waals surface area contributed by atoms with Crippen molar-refractivity contribution in [1.82, 2.24) is 15.1 Å². The zero-order chi connectivity index (χ0) is 19.3. The Labute approximate surface area is 153 Å². The minimum absolute atomic E-state index is 0.185. The van der Waals surface area contributed by atoms with Gasteiger partial charge in [0.25, 0.3) is 5.91 Å². The minimum atomic E-state index is -1.10. The molecule has 2 rings (SSSR count). The molecule has 0 saturated carbocycles. The molecule has 0 radical (unpaired) electrons. The van der Waals surface area contributed by atoms with Crippen LogP contribution >= 0.6 is 0 Å². The smallest absolute Gasteiger partial charge is 0.326 e. The highest BCUT2D eigenvalue weighted by atomic mass is 16.5. The molecule has 2 N–H and O–H groups in total. The number of nitrogens with one attached hydrogen (secondary N) is 1. The maximum atomic E-state index is 12.4.